The number of hydrogen-bond donors (Lipinski definition) is 2. The Morgan fingerprint density at radius 2 is 1.50 bits per heavy atom. The third-order valence-corrected chi connectivity index (χ3v) is 6.62. The first-order chi connectivity index (χ1) is 8.63. The average molecular weight is 306 g/mol. The molecule has 0 saturated carbocycles. The van der Waals surface area contributed by atoms with Gasteiger partial charge in [-0.1, -0.05) is 0 Å². The van der Waals surface area contributed by atoms with E-state index in [4.69, 9.17) is 11.5 Å². The van der Waals surface area contributed by atoms with Crippen LogP contribution in [0.25, 0.3) is 0 Å². The van der Waals surface area contributed by atoms with Gasteiger partial charge in [0.1, 0.15) is 4.87 Å². The zero-order chi connectivity index (χ0) is 16.0. The first-order valence-corrected chi connectivity index (χ1v) is 8.90. The molecule has 6 heteroatoms. The molecule has 1 aliphatic rings. The van der Waals surface area contributed by atoms with Gasteiger partial charge in [0, 0.05) is 17.4 Å². The van der Waals surface area contributed by atoms with Crippen LogP contribution in [0.5, 0.6) is 0 Å². The predicted molar refractivity (Wildman–Crippen MR) is 83.8 cm³/mol. The van der Waals surface area contributed by atoms with Crippen molar-refractivity contribution in [3.05, 3.63) is 0 Å². The molecule has 0 aromatic rings. The van der Waals surface area contributed by atoms with Crippen LogP contribution >= 0.6 is 0 Å². The molecular weight excluding hydrogens is 274 g/mol. The zero-order valence-corrected chi connectivity index (χ0v) is 14.6. The van der Waals surface area contributed by atoms with Gasteiger partial charge in [-0.05, 0) is 34.1 Å². The predicted octanol–water partition coefficient (Wildman–Crippen LogP) is 0.546. The summed E-state index contributed by atoms with van der Waals surface area (Å²) in [4.78, 5) is -1.17. The molecule has 4 N–H and O–H groups in total. The Morgan fingerprint density at radius 3 is 1.90 bits per heavy atom. The number of quaternary nitrogens is 1. The third-order valence-electron chi connectivity index (χ3n) is 4.15. The van der Waals surface area contributed by atoms with Gasteiger partial charge in [0.15, 0.2) is 9.84 Å². The lowest BCUT2D eigenvalue weighted by atomic mass is 9.85. The van der Waals surface area contributed by atoms with Crippen molar-refractivity contribution in [2.24, 2.45) is 23.3 Å². The van der Waals surface area contributed by atoms with Crippen LogP contribution in [0.15, 0.2) is 0 Å². The van der Waals surface area contributed by atoms with Crippen LogP contribution in [-0.2, 0) is 9.84 Å². The highest BCUT2D eigenvalue weighted by molar-refractivity contribution is 7.92. The van der Waals surface area contributed by atoms with Crippen molar-refractivity contribution < 1.29 is 12.9 Å². The third kappa shape index (κ3) is 4.69. The summed E-state index contributed by atoms with van der Waals surface area (Å²) < 4.78 is 25.6. The van der Waals surface area contributed by atoms with E-state index in [2.05, 4.69) is 14.1 Å². The van der Waals surface area contributed by atoms with E-state index in [9.17, 15) is 8.42 Å². The summed E-state index contributed by atoms with van der Waals surface area (Å²) >= 11 is 0. The zero-order valence-electron chi connectivity index (χ0n) is 13.8. The number of nitrogens with zero attached hydrogens (tertiary/aromatic N) is 1. The standard InChI is InChI=1S/C14H32N3O2S/c1-13(2,15)7-11-8-17(5,6)9-12(11)10-20(18,19)14(3,4)16/h11-12H,7-10,15-16H2,1-6H3/q+1. The minimum absolute atomic E-state index is 0.139. The van der Waals surface area contributed by atoms with Crippen LogP contribution in [0.4, 0.5) is 0 Å². The molecule has 120 valence electrons. The number of nitrogens with two attached hydrogens (primary N) is 2. The lowest BCUT2D eigenvalue weighted by Crippen LogP contribution is -2.46. The molecule has 0 spiro atoms. The molecule has 2 unspecified atom stereocenters. The smallest absolute Gasteiger partial charge is 0.168 e. The SMILES string of the molecule is CC(C)(N)CC1C[N+](C)(C)CC1CS(=O)(=O)C(C)(C)N. The molecule has 0 aromatic heterocycles. The van der Waals surface area contributed by atoms with Crippen molar-refractivity contribution in [1.29, 1.82) is 0 Å². The molecule has 1 heterocycles. The maximum absolute atomic E-state index is 12.4. The van der Waals surface area contributed by atoms with Crippen LogP contribution in [0.3, 0.4) is 0 Å². The van der Waals surface area contributed by atoms with E-state index in [-0.39, 0.29) is 17.2 Å². The van der Waals surface area contributed by atoms with Gasteiger partial charge in [-0.3, -0.25) is 0 Å². The molecule has 1 rings (SSSR count). The van der Waals surface area contributed by atoms with Crippen LogP contribution in [0.1, 0.15) is 34.1 Å². The van der Waals surface area contributed by atoms with E-state index in [1.54, 1.807) is 13.8 Å². The Bertz CT molecular complexity index is 444. The van der Waals surface area contributed by atoms with E-state index < -0.39 is 14.7 Å². The van der Waals surface area contributed by atoms with Crippen LogP contribution in [0.2, 0.25) is 0 Å². The minimum Gasteiger partial charge on any atom is -0.328 e. The van der Waals surface area contributed by atoms with Crippen LogP contribution in [0, 0.1) is 11.8 Å². The fourth-order valence-electron chi connectivity index (χ4n) is 3.23. The highest BCUT2D eigenvalue weighted by Crippen LogP contribution is 2.34. The van der Waals surface area contributed by atoms with Crippen molar-refractivity contribution in [2.75, 3.05) is 32.9 Å². The summed E-state index contributed by atoms with van der Waals surface area (Å²) in [6.07, 6.45) is 0.847. The molecule has 1 aliphatic heterocycles. The van der Waals surface area contributed by atoms with Gasteiger partial charge in [0.05, 0.1) is 32.9 Å². The summed E-state index contributed by atoms with van der Waals surface area (Å²) in [5.74, 6) is 0.640. The second-order valence-corrected chi connectivity index (χ2v) is 11.0. The van der Waals surface area contributed by atoms with Crippen molar-refractivity contribution >= 4 is 9.84 Å². The Balaban J connectivity index is 2.91. The van der Waals surface area contributed by atoms with Crippen molar-refractivity contribution in [1.82, 2.24) is 0 Å². The van der Waals surface area contributed by atoms with E-state index in [0.29, 0.717) is 5.92 Å². The average Bonchev–Trinajstić information content (AvgIpc) is 2.34. The number of likely N-dealkylation sites (tertiary alicyclic amines) is 1. The summed E-state index contributed by atoms with van der Waals surface area (Å²) in [5, 5.41) is 0. The van der Waals surface area contributed by atoms with Gasteiger partial charge >= 0.3 is 0 Å². The van der Waals surface area contributed by atoms with Gasteiger partial charge in [-0.2, -0.15) is 0 Å². The molecule has 1 fully saturated rings. The lowest BCUT2D eigenvalue weighted by Gasteiger charge is -2.27. The van der Waals surface area contributed by atoms with Crippen LogP contribution in [-0.4, -0.2) is 56.2 Å². The summed E-state index contributed by atoms with van der Waals surface area (Å²) in [6, 6.07) is 0. The van der Waals surface area contributed by atoms with E-state index in [1.165, 1.54) is 0 Å². The highest BCUT2D eigenvalue weighted by Gasteiger charge is 2.45. The van der Waals surface area contributed by atoms with Gasteiger partial charge in [0.25, 0.3) is 0 Å². The lowest BCUT2D eigenvalue weighted by molar-refractivity contribution is -0.880. The van der Waals surface area contributed by atoms with Crippen molar-refractivity contribution in [3.8, 4) is 0 Å². The Labute approximate surface area is 124 Å². The molecule has 0 bridgehead atoms. The quantitative estimate of drug-likeness (QED) is 0.726. The van der Waals surface area contributed by atoms with E-state index >= 15 is 0 Å². The van der Waals surface area contributed by atoms with Gasteiger partial charge in [-0.25, -0.2) is 8.42 Å². The van der Waals surface area contributed by atoms with E-state index in [1.807, 2.05) is 13.8 Å². The molecule has 0 aliphatic carbocycles. The second-order valence-electron chi connectivity index (χ2n) is 8.40. The fourth-order valence-corrected chi connectivity index (χ4v) is 4.61. The summed E-state index contributed by atoms with van der Waals surface area (Å²) in [7, 11) is 1.01. The Hall–Kier alpha value is -0.170. The molecule has 1 saturated heterocycles. The minimum atomic E-state index is -3.29. The molecule has 0 radical (unpaired) electrons. The van der Waals surface area contributed by atoms with Gasteiger partial charge in [-0.15, -0.1) is 0 Å². The van der Waals surface area contributed by atoms with Crippen LogP contribution < -0.4 is 11.5 Å². The van der Waals surface area contributed by atoms with Crippen molar-refractivity contribution in [3.63, 3.8) is 0 Å². The van der Waals surface area contributed by atoms with E-state index in [0.717, 1.165) is 24.0 Å². The van der Waals surface area contributed by atoms with Crippen molar-refractivity contribution in [2.45, 2.75) is 44.5 Å². The summed E-state index contributed by atoms with van der Waals surface area (Å²) in [6.45, 7) is 8.99. The number of sulfone groups is 1. The fraction of sp³-hybridized carbons (Fsp3) is 1.00. The van der Waals surface area contributed by atoms with Gasteiger partial charge in [0.2, 0.25) is 0 Å². The second kappa shape index (κ2) is 5.23. The molecular formula is C14H32N3O2S+. The van der Waals surface area contributed by atoms with Gasteiger partial charge < -0.3 is 16.0 Å². The first-order valence-electron chi connectivity index (χ1n) is 7.25. The Kier molecular flexibility index (Phi) is 4.68. The molecule has 0 aromatic carbocycles. The Morgan fingerprint density at radius 1 is 1.05 bits per heavy atom. The molecule has 20 heavy (non-hydrogen) atoms. The summed E-state index contributed by atoms with van der Waals surface area (Å²) in [5.41, 5.74) is 11.7. The maximum Gasteiger partial charge on any atom is 0.168 e. The number of rotatable bonds is 5. The maximum atomic E-state index is 12.4. The normalized spacial score (nSPS) is 27.8. The molecule has 2 atom stereocenters. The molecule has 0 amide bonds. The number of hydrogen-bond acceptors (Lipinski definition) is 4. The monoisotopic (exact) mass is 306 g/mol. The largest absolute Gasteiger partial charge is 0.328 e. The topological polar surface area (TPSA) is 86.2 Å². The highest BCUT2D eigenvalue weighted by atomic mass is 32.2. The first kappa shape index (κ1) is 17.9. The molecule has 5 nitrogen and oxygen atoms in total.